The zero-order chi connectivity index (χ0) is 24.0. The number of hydrogen-bond acceptors (Lipinski definition) is 7. The maximum atomic E-state index is 11.6. The predicted molar refractivity (Wildman–Crippen MR) is 124 cm³/mol. The number of nitrogens with zero attached hydrogens (tertiary/aromatic N) is 3. The standard InChI is InChI=1S/C22H30N6O5/c1-4-32-12-16-27-18-19(14-7-5-6-8-15(14)26-20(18)23)28(16)13-22(2,3)33-10-9-24-17(29)11-25-21(30)31/h5-8,25H,4,9-13H2,1-3H3,(H2,23,26)(H,24,29)(H,30,31). The van der Waals surface area contributed by atoms with Gasteiger partial charge in [0.15, 0.2) is 5.82 Å². The largest absolute Gasteiger partial charge is 0.465 e. The third-order valence-corrected chi connectivity index (χ3v) is 4.98. The van der Waals surface area contributed by atoms with Gasteiger partial charge in [-0.3, -0.25) is 4.79 Å². The van der Waals surface area contributed by atoms with Gasteiger partial charge in [0.1, 0.15) is 17.9 Å². The molecular weight excluding hydrogens is 428 g/mol. The van der Waals surface area contributed by atoms with Gasteiger partial charge in [-0.2, -0.15) is 0 Å². The Morgan fingerprint density at radius 1 is 1.21 bits per heavy atom. The molecule has 33 heavy (non-hydrogen) atoms. The molecule has 0 fully saturated rings. The number of benzene rings is 1. The molecule has 11 heteroatoms. The summed E-state index contributed by atoms with van der Waals surface area (Å²) < 4.78 is 13.7. The average molecular weight is 459 g/mol. The van der Waals surface area contributed by atoms with Crippen LogP contribution in [0, 0.1) is 0 Å². The molecule has 0 aliphatic heterocycles. The van der Waals surface area contributed by atoms with E-state index in [1.54, 1.807) is 0 Å². The first kappa shape index (κ1) is 24.2. The maximum Gasteiger partial charge on any atom is 0.405 e. The number of nitrogen functional groups attached to an aromatic ring is 1. The van der Waals surface area contributed by atoms with E-state index in [9.17, 15) is 9.59 Å². The third kappa shape index (κ3) is 6.08. The summed E-state index contributed by atoms with van der Waals surface area (Å²) in [5.41, 5.74) is 7.89. The lowest BCUT2D eigenvalue weighted by atomic mass is 10.1. The van der Waals surface area contributed by atoms with Crippen molar-refractivity contribution in [2.24, 2.45) is 0 Å². The van der Waals surface area contributed by atoms with Crippen LogP contribution in [0.25, 0.3) is 21.9 Å². The first-order chi connectivity index (χ1) is 15.7. The number of aromatic nitrogens is 3. The van der Waals surface area contributed by atoms with Gasteiger partial charge < -0.3 is 35.5 Å². The van der Waals surface area contributed by atoms with Crippen molar-refractivity contribution in [1.82, 2.24) is 25.2 Å². The number of nitrogens with two attached hydrogens (primary N) is 1. The van der Waals surface area contributed by atoms with Gasteiger partial charge in [0.25, 0.3) is 0 Å². The number of anilines is 1. The molecular formula is C22H30N6O5. The van der Waals surface area contributed by atoms with Crippen LogP contribution in [0.3, 0.4) is 0 Å². The van der Waals surface area contributed by atoms with Crippen LogP contribution in [0.4, 0.5) is 10.6 Å². The number of carbonyl (C=O) groups excluding carboxylic acids is 1. The van der Waals surface area contributed by atoms with Crippen LogP contribution in [0.5, 0.6) is 0 Å². The lowest BCUT2D eigenvalue weighted by Gasteiger charge is -2.27. The third-order valence-electron chi connectivity index (χ3n) is 4.98. The van der Waals surface area contributed by atoms with Gasteiger partial charge in [-0.25, -0.2) is 14.8 Å². The van der Waals surface area contributed by atoms with E-state index in [-0.39, 0.29) is 19.7 Å². The second-order valence-corrected chi connectivity index (χ2v) is 8.08. The van der Waals surface area contributed by atoms with Gasteiger partial charge in [0.2, 0.25) is 5.91 Å². The number of pyridine rings is 1. The van der Waals surface area contributed by atoms with Crippen molar-refractivity contribution < 1.29 is 24.2 Å². The highest BCUT2D eigenvalue weighted by Crippen LogP contribution is 2.30. The summed E-state index contributed by atoms with van der Waals surface area (Å²) in [7, 11) is 0. The number of imidazole rings is 1. The maximum absolute atomic E-state index is 11.6. The van der Waals surface area contributed by atoms with E-state index in [1.165, 1.54) is 0 Å². The SMILES string of the molecule is CCOCc1nc2c(N)nc3ccccc3c2n1CC(C)(C)OCCNC(=O)CNC(=O)O. The molecule has 0 saturated heterocycles. The molecule has 0 aliphatic carbocycles. The lowest BCUT2D eigenvalue weighted by molar-refractivity contribution is -0.120. The fourth-order valence-corrected chi connectivity index (χ4v) is 3.54. The van der Waals surface area contributed by atoms with Gasteiger partial charge in [-0.15, -0.1) is 0 Å². The highest BCUT2D eigenvalue weighted by Gasteiger charge is 2.25. The van der Waals surface area contributed by atoms with Crippen molar-refractivity contribution in [1.29, 1.82) is 0 Å². The van der Waals surface area contributed by atoms with Gasteiger partial charge in [0.05, 0.1) is 36.3 Å². The number of fused-ring (bicyclic) bond motifs is 3. The minimum atomic E-state index is -1.25. The van der Waals surface area contributed by atoms with Gasteiger partial charge in [-0.1, -0.05) is 18.2 Å². The molecule has 5 N–H and O–H groups in total. The molecule has 0 unspecified atom stereocenters. The molecule has 1 aromatic carbocycles. The smallest absolute Gasteiger partial charge is 0.405 e. The quantitative estimate of drug-likeness (QED) is 0.318. The molecule has 178 valence electrons. The fraction of sp³-hybridized carbons (Fsp3) is 0.455. The number of carboxylic acid groups (broad SMARTS) is 1. The highest BCUT2D eigenvalue weighted by molar-refractivity contribution is 6.06. The van der Waals surface area contributed by atoms with Crippen molar-refractivity contribution in [3.63, 3.8) is 0 Å². The monoisotopic (exact) mass is 458 g/mol. The number of ether oxygens (including phenoxy) is 2. The molecule has 0 bridgehead atoms. The first-order valence-electron chi connectivity index (χ1n) is 10.7. The van der Waals surface area contributed by atoms with Crippen molar-refractivity contribution in [2.45, 2.75) is 39.5 Å². The van der Waals surface area contributed by atoms with Crippen molar-refractivity contribution in [2.75, 3.05) is 32.0 Å². The Labute approximate surface area is 191 Å². The second-order valence-electron chi connectivity index (χ2n) is 8.08. The summed E-state index contributed by atoms with van der Waals surface area (Å²) in [6.07, 6.45) is -1.25. The van der Waals surface area contributed by atoms with Gasteiger partial charge in [0, 0.05) is 18.5 Å². The number of rotatable bonds is 11. The van der Waals surface area contributed by atoms with Gasteiger partial charge in [-0.05, 0) is 26.8 Å². The summed E-state index contributed by atoms with van der Waals surface area (Å²) in [5.74, 6) is 0.658. The molecule has 0 radical (unpaired) electrons. The van der Waals surface area contributed by atoms with Crippen molar-refractivity contribution in [3.8, 4) is 0 Å². The Kier molecular flexibility index (Phi) is 7.67. The van der Waals surface area contributed by atoms with Crippen molar-refractivity contribution in [3.05, 3.63) is 30.1 Å². The number of amides is 2. The molecule has 2 amide bonds. The second kappa shape index (κ2) is 10.5. The molecule has 3 aromatic rings. The van der Waals surface area contributed by atoms with Crippen LogP contribution >= 0.6 is 0 Å². The Hall–Kier alpha value is -3.44. The van der Waals surface area contributed by atoms with E-state index in [0.717, 1.165) is 22.2 Å². The Balaban J connectivity index is 1.80. The average Bonchev–Trinajstić information content (AvgIpc) is 3.12. The Morgan fingerprint density at radius 3 is 2.70 bits per heavy atom. The summed E-state index contributed by atoms with van der Waals surface area (Å²) in [4.78, 5) is 31.3. The summed E-state index contributed by atoms with van der Waals surface area (Å²) in [5, 5.41) is 14.1. The number of para-hydroxylation sites is 1. The molecule has 0 atom stereocenters. The minimum Gasteiger partial charge on any atom is -0.465 e. The Morgan fingerprint density at radius 2 is 1.97 bits per heavy atom. The fourth-order valence-electron chi connectivity index (χ4n) is 3.54. The zero-order valence-corrected chi connectivity index (χ0v) is 19.1. The molecule has 0 aliphatic rings. The lowest BCUT2D eigenvalue weighted by Crippen LogP contribution is -2.39. The van der Waals surface area contributed by atoms with Crippen LogP contribution in [0.15, 0.2) is 24.3 Å². The Bertz CT molecular complexity index is 1140. The van der Waals surface area contributed by atoms with E-state index in [1.807, 2.05) is 50.4 Å². The number of nitrogens with one attached hydrogen (secondary N) is 2. The predicted octanol–water partition coefficient (Wildman–Crippen LogP) is 1.88. The molecule has 2 aromatic heterocycles. The summed E-state index contributed by atoms with van der Waals surface area (Å²) in [6, 6.07) is 7.76. The number of carbonyl (C=O) groups is 2. The van der Waals surface area contributed by atoms with Crippen molar-refractivity contribution >= 4 is 39.8 Å². The normalized spacial score (nSPS) is 11.7. The van der Waals surface area contributed by atoms with Crippen LogP contribution in [-0.2, 0) is 27.4 Å². The van der Waals surface area contributed by atoms with E-state index in [0.29, 0.717) is 31.1 Å². The van der Waals surface area contributed by atoms with Gasteiger partial charge >= 0.3 is 6.09 Å². The summed E-state index contributed by atoms with van der Waals surface area (Å²) in [6.45, 7) is 7.36. The van der Waals surface area contributed by atoms with Crippen LogP contribution < -0.4 is 16.4 Å². The molecule has 3 rings (SSSR count). The topological polar surface area (TPSA) is 154 Å². The van der Waals surface area contributed by atoms with E-state index < -0.39 is 17.6 Å². The zero-order valence-electron chi connectivity index (χ0n) is 19.1. The highest BCUT2D eigenvalue weighted by atomic mass is 16.5. The van der Waals surface area contributed by atoms with Crippen LogP contribution in [-0.4, -0.2) is 63.5 Å². The van der Waals surface area contributed by atoms with Crippen LogP contribution in [0.1, 0.15) is 26.6 Å². The molecule has 0 saturated carbocycles. The molecule has 2 heterocycles. The van der Waals surface area contributed by atoms with Crippen LogP contribution in [0.2, 0.25) is 0 Å². The summed E-state index contributed by atoms with van der Waals surface area (Å²) >= 11 is 0. The number of hydrogen-bond donors (Lipinski definition) is 4. The first-order valence-corrected chi connectivity index (χ1v) is 10.7. The minimum absolute atomic E-state index is 0.250. The molecule has 0 spiro atoms. The van der Waals surface area contributed by atoms with E-state index in [4.69, 9.17) is 25.3 Å². The van der Waals surface area contributed by atoms with E-state index in [2.05, 4.69) is 14.9 Å². The van der Waals surface area contributed by atoms with E-state index >= 15 is 0 Å². The molecule has 11 nitrogen and oxygen atoms in total.